The summed E-state index contributed by atoms with van der Waals surface area (Å²) in [7, 11) is 0. The minimum Gasteiger partial charge on any atom is -0.453 e. The number of aromatic nitrogens is 2. The summed E-state index contributed by atoms with van der Waals surface area (Å²) in [6, 6.07) is 14.7. The van der Waals surface area contributed by atoms with Crippen molar-refractivity contribution in [2.75, 3.05) is 0 Å². The first kappa shape index (κ1) is 18.3. The third kappa shape index (κ3) is 4.36. The Kier molecular flexibility index (Phi) is 5.79. The summed E-state index contributed by atoms with van der Waals surface area (Å²) in [5.74, 6) is 1.17. The number of aryl methyl sites for hydroxylation is 1. The summed E-state index contributed by atoms with van der Waals surface area (Å²) in [6.07, 6.45) is 0. The highest BCUT2D eigenvalue weighted by Gasteiger charge is 2.13. The van der Waals surface area contributed by atoms with E-state index >= 15 is 0 Å². The molecule has 0 atom stereocenters. The van der Waals surface area contributed by atoms with Gasteiger partial charge in [-0.2, -0.15) is 10.4 Å². The molecule has 132 valence electrons. The van der Waals surface area contributed by atoms with Gasteiger partial charge in [0.1, 0.15) is 11.4 Å². The number of rotatable bonds is 6. The molecule has 0 bridgehead atoms. The smallest absolute Gasteiger partial charge is 0.172 e. The number of ether oxygens (including phenoxy) is 1. The number of nitrogens with zero attached hydrogens (tertiary/aromatic N) is 2. The molecule has 3 rings (SSSR count). The fraction of sp³-hybridized carbons (Fsp3) is 0.158. The highest BCUT2D eigenvalue weighted by Crippen LogP contribution is 2.31. The standard InChI is InChI=1S/C19H16Cl2N4O/c1-12-19(26-17-7-15(20)6-16(21)8-17)18(25-24-12)11-23-10-14-5-3-2-4-13(14)9-22/h2-8,23H,10-11H2,1H3,(H,24,25). The van der Waals surface area contributed by atoms with Crippen LogP contribution < -0.4 is 10.1 Å². The Hall–Kier alpha value is -2.52. The van der Waals surface area contributed by atoms with Crippen LogP contribution in [-0.2, 0) is 13.1 Å². The molecule has 0 saturated carbocycles. The zero-order valence-corrected chi connectivity index (χ0v) is 15.5. The Morgan fingerprint density at radius 1 is 1.15 bits per heavy atom. The van der Waals surface area contributed by atoms with Gasteiger partial charge < -0.3 is 10.1 Å². The van der Waals surface area contributed by atoms with Crippen LogP contribution in [0.1, 0.15) is 22.5 Å². The van der Waals surface area contributed by atoms with Crippen molar-refractivity contribution in [2.24, 2.45) is 0 Å². The van der Waals surface area contributed by atoms with Gasteiger partial charge in [0.2, 0.25) is 0 Å². The SMILES string of the molecule is Cc1[nH]nc(CNCc2ccccc2C#N)c1Oc1cc(Cl)cc(Cl)c1. The highest BCUT2D eigenvalue weighted by atomic mass is 35.5. The first-order chi connectivity index (χ1) is 12.6. The number of nitriles is 1. The number of H-pyrrole nitrogens is 1. The predicted molar refractivity (Wildman–Crippen MR) is 102 cm³/mol. The van der Waals surface area contributed by atoms with Gasteiger partial charge in [0, 0.05) is 23.1 Å². The van der Waals surface area contributed by atoms with Crippen LogP contribution in [0.2, 0.25) is 10.0 Å². The van der Waals surface area contributed by atoms with Crippen LogP contribution in [0.25, 0.3) is 0 Å². The van der Waals surface area contributed by atoms with E-state index in [0.717, 1.165) is 17.0 Å². The second-order valence-corrected chi connectivity index (χ2v) is 6.58. The third-order valence-corrected chi connectivity index (χ3v) is 4.20. The lowest BCUT2D eigenvalue weighted by Crippen LogP contribution is -2.14. The van der Waals surface area contributed by atoms with Gasteiger partial charge in [0.25, 0.3) is 0 Å². The van der Waals surface area contributed by atoms with Crippen molar-refractivity contribution in [1.82, 2.24) is 15.5 Å². The van der Waals surface area contributed by atoms with Crippen molar-refractivity contribution >= 4 is 23.2 Å². The van der Waals surface area contributed by atoms with Crippen LogP contribution in [0.4, 0.5) is 0 Å². The molecule has 5 nitrogen and oxygen atoms in total. The van der Waals surface area contributed by atoms with E-state index in [1.165, 1.54) is 0 Å². The van der Waals surface area contributed by atoms with E-state index in [2.05, 4.69) is 21.6 Å². The lowest BCUT2D eigenvalue weighted by Gasteiger charge is -2.09. The van der Waals surface area contributed by atoms with Crippen LogP contribution in [0.5, 0.6) is 11.5 Å². The molecule has 26 heavy (non-hydrogen) atoms. The summed E-state index contributed by atoms with van der Waals surface area (Å²) >= 11 is 12.0. The molecule has 7 heteroatoms. The van der Waals surface area contributed by atoms with E-state index in [0.29, 0.717) is 40.2 Å². The van der Waals surface area contributed by atoms with Crippen molar-refractivity contribution < 1.29 is 4.74 Å². The molecule has 0 fully saturated rings. The van der Waals surface area contributed by atoms with Crippen molar-refractivity contribution in [3.05, 3.63) is 75.0 Å². The second kappa shape index (κ2) is 8.24. The molecule has 0 spiro atoms. The average molecular weight is 387 g/mol. The van der Waals surface area contributed by atoms with E-state index in [1.807, 2.05) is 25.1 Å². The minimum absolute atomic E-state index is 0.480. The average Bonchev–Trinajstić information content (AvgIpc) is 2.95. The normalized spacial score (nSPS) is 10.5. The van der Waals surface area contributed by atoms with Gasteiger partial charge >= 0.3 is 0 Å². The number of hydrogen-bond donors (Lipinski definition) is 2. The molecule has 3 aromatic rings. The quantitative estimate of drug-likeness (QED) is 0.626. The number of hydrogen-bond acceptors (Lipinski definition) is 4. The summed E-state index contributed by atoms with van der Waals surface area (Å²) in [5, 5.41) is 20.7. The second-order valence-electron chi connectivity index (χ2n) is 5.70. The van der Waals surface area contributed by atoms with E-state index in [4.69, 9.17) is 33.2 Å². The van der Waals surface area contributed by atoms with E-state index in [1.54, 1.807) is 24.3 Å². The van der Waals surface area contributed by atoms with Gasteiger partial charge in [-0.15, -0.1) is 0 Å². The van der Waals surface area contributed by atoms with Crippen molar-refractivity contribution in [3.63, 3.8) is 0 Å². The molecule has 0 radical (unpaired) electrons. The number of benzene rings is 2. The van der Waals surface area contributed by atoms with Gasteiger partial charge in [-0.25, -0.2) is 0 Å². The minimum atomic E-state index is 0.480. The van der Waals surface area contributed by atoms with Crippen molar-refractivity contribution in [3.8, 4) is 17.6 Å². The molecule has 1 aromatic heterocycles. The van der Waals surface area contributed by atoms with Crippen molar-refractivity contribution in [1.29, 1.82) is 5.26 Å². The maximum atomic E-state index is 9.15. The monoisotopic (exact) mass is 386 g/mol. The topological polar surface area (TPSA) is 73.7 Å². The Morgan fingerprint density at radius 2 is 1.88 bits per heavy atom. The highest BCUT2D eigenvalue weighted by molar-refractivity contribution is 6.34. The molecular weight excluding hydrogens is 371 g/mol. The van der Waals surface area contributed by atoms with E-state index in [9.17, 15) is 0 Å². The van der Waals surface area contributed by atoms with Crippen LogP contribution in [0.15, 0.2) is 42.5 Å². The Labute approximate surface area is 161 Å². The molecule has 2 aromatic carbocycles. The lowest BCUT2D eigenvalue weighted by molar-refractivity contribution is 0.469. The summed E-state index contributed by atoms with van der Waals surface area (Å²) < 4.78 is 5.93. The molecule has 0 saturated heterocycles. The van der Waals surface area contributed by atoms with Crippen LogP contribution in [0, 0.1) is 18.3 Å². The molecule has 0 aliphatic heterocycles. The van der Waals surface area contributed by atoms with Gasteiger partial charge in [0.15, 0.2) is 5.75 Å². The first-order valence-corrected chi connectivity index (χ1v) is 8.69. The maximum Gasteiger partial charge on any atom is 0.172 e. The number of nitrogens with one attached hydrogen (secondary N) is 2. The van der Waals surface area contributed by atoms with Crippen LogP contribution >= 0.6 is 23.2 Å². The molecular formula is C19H16Cl2N4O. The largest absolute Gasteiger partial charge is 0.453 e. The maximum absolute atomic E-state index is 9.15. The summed E-state index contributed by atoms with van der Waals surface area (Å²) in [4.78, 5) is 0. The zero-order chi connectivity index (χ0) is 18.5. The summed E-state index contributed by atoms with van der Waals surface area (Å²) in [6.45, 7) is 2.91. The van der Waals surface area contributed by atoms with Gasteiger partial charge in [-0.1, -0.05) is 41.4 Å². The first-order valence-electron chi connectivity index (χ1n) is 7.93. The Morgan fingerprint density at radius 3 is 2.62 bits per heavy atom. The van der Waals surface area contributed by atoms with Crippen molar-refractivity contribution in [2.45, 2.75) is 20.0 Å². The van der Waals surface area contributed by atoms with Crippen LogP contribution in [-0.4, -0.2) is 10.2 Å². The fourth-order valence-corrected chi connectivity index (χ4v) is 3.03. The van der Waals surface area contributed by atoms with E-state index in [-0.39, 0.29) is 0 Å². The Bertz CT molecular complexity index is 942. The number of aromatic amines is 1. The van der Waals surface area contributed by atoms with Gasteiger partial charge in [-0.3, -0.25) is 5.10 Å². The molecule has 0 aliphatic carbocycles. The zero-order valence-electron chi connectivity index (χ0n) is 14.0. The summed E-state index contributed by atoms with van der Waals surface area (Å²) in [5.41, 5.74) is 3.12. The van der Waals surface area contributed by atoms with E-state index < -0.39 is 0 Å². The van der Waals surface area contributed by atoms with Gasteiger partial charge in [0.05, 0.1) is 17.3 Å². The molecule has 0 unspecified atom stereocenters. The van der Waals surface area contributed by atoms with Crippen LogP contribution in [0.3, 0.4) is 0 Å². The fourth-order valence-electron chi connectivity index (χ4n) is 2.53. The molecule has 1 heterocycles. The molecule has 2 N–H and O–H groups in total. The third-order valence-electron chi connectivity index (χ3n) is 3.76. The van der Waals surface area contributed by atoms with Gasteiger partial charge in [-0.05, 0) is 36.8 Å². The Balaban J connectivity index is 1.71. The lowest BCUT2D eigenvalue weighted by atomic mass is 10.1. The number of halogens is 2. The molecule has 0 amide bonds. The predicted octanol–water partition coefficient (Wildman–Crippen LogP) is 4.98. The molecule has 0 aliphatic rings.